The Morgan fingerprint density at radius 1 is 1.56 bits per heavy atom. The van der Waals surface area contributed by atoms with Crippen LogP contribution >= 0.6 is 0 Å². The van der Waals surface area contributed by atoms with Crippen molar-refractivity contribution in [1.82, 2.24) is 0 Å². The molecular weight excluding hydrogens is 116 g/mol. The molecule has 2 N–H and O–H groups in total. The molecule has 0 bridgehead atoms. The first-order valence-corrected chi connectivity index (χ1v) is 3.30. The molecule has 0 aromatic rings. The van der Waals surface area contributed by atoms with Crippen molar-refractivity contribution in [2.24, 2.45) is 5.92 Å². The quantitative estimate of drug-likeness (QED) is 0.586. The van der Waals surface area contributed by atoms with Crippen molar-refractivity contribution in [2.45, 2.75) is 25.9 Å². The first-order chi connectivity index (χ1) is 4.18. The zero-order valence-corrected chi connectivity index (χ0v) is 5.88. The number of hydrogen-bond acceptors (Lipinski definition) is 2. The first kappa shape index (κ1) is 8.92. The van der Waals surface area contributed by atoms with E-state index in [1.165, 1.54) is 0 Å². The SMILES string of the molecule is [CH2]C(C)C(O)CCCO. The van der Waals surface area contributed by atoms with E-state index in [-0.39, 0.29) is 18.6 Å². The molecule has 0 aliphatic carbocycles. The molecule has 0 saturated carbocycles. The van der Waals surface area contributed by atoms with Gasteiger partial charge in [0.15, 0.2) is 0 Å². The van der Waals surface area contributed by atoms with E-state index in [9.17, 15) is 0 Å². The fourth-order valence-corrected chi connectivity index (χ4v) is 0.585. The van der Waals surface area contributed by atoms with Crippen LogP contribution in [0.25, 0.3) is 0 Å². The number of rotatable bonds is 4. The highest BCUT2D eigenvalue weighted by Gasteiger charge is 2.06. The van der Waals surface area contributed by atoms with Crippen LogP contribution < -0.4 is 0 Å². The summed E-state index contributed by atoms with van der Waals surface area (Å²) in [5.74, 6) is 0.0662. The van der Waals surface area contributed by atoms with Gasteiger partial charge in [-0.25, -0.2) is 0 Å². The molecule has 2 heteroatoms. The van der Waals surface area contributed by atoms with E-state index in [0.717, 1.165) is 0 Å². The monoisotopic (exact) mass is 131 g/mol. The van der Waals surface area contributed by atoms with Crippen molar-refractivity contribution >= 4 is 0 Å². The largest absolute Gasteiger partial charge is 0.396 e. The van der Waals surface area contributed by atoms with Gasteiger partial charge in [-0.15, -0.1) is 0 Å². The second-order valence-corrected chi connectivity index (χ2v) is 2.41. The molecule has 0 aliphatic rings. The minimum absolute atomic E-state index is 0.0662. The molecule has 0 spiro atoms. The van der Waals surface area contributed by atoms with Crippen LogP contribution in [-0.2, 0) is 0 Å². The summed E-state index contributed by atoms with van der Waals surface area (Å²) in [5, 5.41) is 17.4. The number of aliphatic hydroxyl groups excluding tert-OH is 2. The third-order valence-corrected chi connectivity index (χ3v) is 1.31. The summed E-state index contributed by atoms with van der Waals surface area (Å²) in [5.41, 5.74) is 0. The molecule has 0 saturated heterocycles. The molecule has 9 heavy (non-hydrogen) atoms. The van der Waals surface area contributed by atoms with Crippen LogP contribution in [-0.4, -0.2) is 22.9 Å². The Morgan fingerprint density at radius 2 is 2.11 bits per heavy atom. The minimum atomic E-state index is -0.350. The predicted octanol–water partition coefficient (Wildman–Crippen LogP) is 0.590. The summed E-state index contributed by atoms with van der Waals surface area (Å²) in [6, 6.07) is 0. The summed E-state index contributed by atoms with van der Waals surface area (Å²) < 4.78 is 0. The van der Waals surface area contributed by atoms with Gasteiger partial charge in [-0.2, -0.15) is 0 Å². The van der Waals surface area contributed by atoms with E-state index in [1.54, 1.807) is 0 Å². The van der Waals surface area contributed by atoms with Gasteiger partial charge in [0, 0.05) is 6.61 Å². The van der Waals surface area contributed by atoms with Crippen LogP contribution in [0.3, 0.4) is 0 Å². The topological polar surface area (TPSA) is 40.5 Å². The van der Waals surface area contributed by atoms with E-state index in [4.69, 9.17) is 10.2 Å². The lowest BCUT2D eigenvalue weighted by Crippen LogP contribution is -2.14. The lowest BCUT2D eigenvalue weighted by molar-refractivity contribution is 0.116. The molecule has 0 aromatic carbocycles. The Balaban J connectivity index is 3.16. The summed E-state index contributed by atoms with van der Waals surface area (Å²) in [4.78, 5) is 0. The molecule has 2 unspecified atom stereocenters. The third-order valence-electron chi connectivity index (χ3n) is 1.31. The van der Waals surface area contributed by atoms with Crippen molar-refractivity contribution < 1.29 is 10.2 Å². The Hall–Kier alpha value is -0.0800. The van der Waals surface area contributed by atoms with Crippen LogP contribution in [0.4, 0.5) is 0 Å². The fraction of sp³-hybridized carbons (Fsp3) is 0.857. The molecule has 0 amide bonds. The van der Waals surface area contributed by atoms with Gasteiger partial charge in [-0.3, -0.25) is 0 Å². The standard InChI is InChI=1S/C7H15O2/c1-6(2)7(9)4-3-5-8/h6-9H,1,3-5H2,2H3. The van der Waals surface area contributed by atoms with Gasteiger partial charge in [-0.1, -0.05) is 6.92 Å². The van der Waals surface area contributed by atoms with Crippen molar-refractivity contribution in [1.29, 1.82) is 0 Å². The third kappa shape index (κ3) is 4.43. The predicted molar refractivity (Wildman–Crippen MR) is 36.8 cm³/mol. The Labute approximate surface area is 56.5 Å². The highest BCUT2D eigenvalue weighted by atomic mass is 16.3. The van der Waals surface area contributed by atoms with E-state index in [0.29, 0.717) is 12.8 Å². The van der Waals surface area contributed by atoms with E-state index >= 15 is 0 Å². The lowest BCUT2D eigenvalue weighted by atomic mass is 10.0. The van der Waals surface area contributed by atoms with E-state index in [2.05, 4.69) is 6.92 Å². The Kier molecular flexibility index (Phi) is 4.72. The average molecular weight is 131 g/mol. The van der Waals surface area contributed by atoms with Crippen molar-refractivity contribution in [3.8, 4) is 0 Å². The van der Waals surface area contributed by atoms with Gasteiger partial charge < -0.3 is 10.2 Å². The second-order valence-electron chi connectivity index (χ2n) is 2.41. The van der Waals surface area contributed by atoms with Gasteiger partial charge >= 0.3 is 0 Å². The van der Waals surface area contributed by atoms with Crippen molar-refractivity contribution in [3.05, 3.63) is 6.92 Å². The zero-order chi connectivity index (χ0) is 7.28. The van der Waals surface area contributed by atoms with Crippen LogP contribution in [0.5, 0.6) is 0 Å². The van der Waals surface area contributed by atoms with Crippen LogP contribution in [0.1, 0.15) is 19.8 Å². The molecule has 2 atom stereocenters. The highest BCUT2D eigenvalue weighted by Crippen LogP contribution is 2.06. The molecule has 2 nitrogen and oxygen atoms in total. The molecule has 0 aromatic heterocycles. The highest BCUT2D eigenvalue weighted by molar-refractivity contribution is 4.65. The Bertz CT molecular complexity index is 61.9. The van der Waals surface area contributed by atoms with Crippen molar-refractivity contribution in [3.63, 3.8) is 0 Å². The molecule has 55 valence electrons. The second kappa shape index (κ2) is 4.77. The van der Waals surface area contributed by atoms with Crippen molar-refractivity contribution in [2.75, 3.05) is 6.61 Å². The summed E-state index contributed by atoms with van der Waals surface area (Å²) in [7, 11) is 0. The maximum atomic E-state index is 9.08. The lowest BCUT2D eigenvalue weighted by Gasteiger charge is -2.12. The maximum absolute atomic E-state index is 9.08. The molecule has 0 heterocycles. The number of hydrogen-bond donors (Lipinski definition) is 2. The molecular formula is C7H15O2. The molecule has 0 fully saturated rings. The van der Waals surface area contributed by atoms with E-state index < -0.39 is 0 Å². The molecule has 0 aliphatic heterocycles. The Morgan fingerprint density at radius 3 is 2.44 bits per heavy atom. The van der Waals surface area contributed by atoms with Gasteiger partial charge in [-0.05, 0) is 25.7 Å². The molecule has 0 rings (SSSR count). The first-order valence-electron chi connectivity index (χ1n) is 3.30. The summed E-state index contributed by atoms with van der Waals surface area (Å²) >= 11 is 0. The van der Waals surface area contributed by atoms with Gasteiger partial charge in [0.25, 0.3) is 0 Å². The minimum Gasteiger partial charge on any atom is -0.396 e. The number of aliphatic hydroxyl groups is 2. The fourth-order valence-electron chi connectivity index (χ4n) is 0.585. The van der Waals surface area contributed by atoms with Crippen LogP contribution in [0, 0.1) is 12.8 Å². The molecule has 1 radical (unpaired) electrons. The van der Waals surface area contributed by atoms with Crippen LogP contribution in [0.2, 0.25) is 0 Å². The smallest absolute Gasteiger partial charge is 0.0566 e. The van der Waals surface area contributed by atoms with E-state index in [1.807, 2.05) is 6.92 Å². The zero-order valence-electron chi connectivity index (χ0n) is 5.88. The summed E-state index contributed by atoms with van der Waals surface area (Å²) in [6.07, 6.45) is 0.972. The average Bonchev–Trinajstić information content (AvgIpc) is 1.82. The summed E-state index contributed by atoms with van der Waals surface area (Å²) in [6.45, 7) is 5.68. The van der Waals surface area contributed by atoms with Gasteiger partial charge in [0.05, 0.1) is 6.10 Å². The maximum Gasteiger partial charge on any atom is 0.0566 e. The normalized spacial score (nSPS) is 14.3. The van der Waals surface area contributed by atoms with Crippen LogP contribution in [0.15, 0.2) is 0 Å². The van der Waals surface area contributed by atoms with Gasteiger partial charge in [0.2, 0.25) is 0 Å². The van der Waals surface area contributed by atoms with Gasteiger partial charge in [0.1, 0.15) is 0 Å².